The largest absolute Gasteiger partial charge is 0.490 e. The third kappa shape index (κ3) is 4.58. The fraction of sp³-hybridized carbons (Fsp3) is 0.130. The fourth-order valence-electron chi connectivity index (χ4n) is 3.16. The molecule has 1 heterocycles. The Kier molecular flexibility index (Phi) is 5.77. The van der Waals surface area contributed by atoms with E-state index in [-0.39, 0.29) is 5.91 Å². The monoisotopic (exact) mass is 405 g/mol. The summed E-state index contributed by atoms with van der Waals surface area (Å²) in [6, 6.07) is 24.8. The summed E-state index contributed by atoms with van der Waals surface area (Å²) in [5, 5.41) is 3.51. The Bertz CT molecular complexity index is 1130. The van der Waals surface area contributed by atoms with Gasteiger partial charge in [-0.25, -0.2) is 4.98 Å². The molecule has 0 atom stereocenters. The molecule has 6 heteroatoms. The number of nitrogens with one attached hydrogen (secondary N) is 1. The number of rotatable bonds is 7. The molecule has 4 aromatic rings. The molecule has 4 rings (SSSR count). The first-order chi connectivity index (χ1) is 14.2. The van der Waals surface area contributed by atoms with E-state index in [1.807, 2.05) is 77.4 Å². The van der Waals surface area contributed by atoms with Gasteiger partial charge in [-0.05, 0) is 29.8 Å². The van der Waals surface area contributed by atoms with Gasteiger partial charge in [-0.15, -0.1) is 0 Å². The Morgan fingerprint density at radius 2 is 1.69 bits per heavy atom. The second-order valence-corrected chi connectivity index (χ2v) is 6.97. The minimum Gasteiger partial charge on any atom is -0.490 e. The molecule has 0 aliphatic rings. The molecule has 5 nitrogen and oxygen atoms in total. The second-order valence-electron chi connectivity index (χ2n) is 6.57. The van der Waals surface area contributed by atoms with Crippen molar-refractivity contribution in [1.29, 1.82) is 0 Å². The molecule has 1 amide bonds. The standard InChI is InChI=1S/C23H20ClN3O2/c24-18-10-4-7-13-21(18)29-15-14-27-20-12-6-5-11-19(20)25-23(27)26-22(28)16-17-8-2-1-3-9-17/h1-13H,14-16H2,(H,25,26,28). The van der Waals surface area contributed by atoms with E-state index < -0.39 is 0 Å². The van der Waals surface area contributed by atoms with Gasteiger partial charge in [0.1, 0.15) is 12.4 Å². The number of ether oxygens (including phenoxy) is 1. The second kappa shape index (κ2) is 8.80. The van der Waals surface area contributed by atoms with Gasteiger partial charge >= 0.3 is 0 Å². The Morgan fingerprint density at radius 3 is 2.52 bits per heavy atom. The summed E-state index contributed by atoms with van der Waals surface area (Å²) in [7, 11) is 0. The Morgan fingerprint density at radius 1 is 0.966 bits per heavy atom. The molecular formula is C23H20ClN3O2. The van der Waals surface area contributed by atoms with Crippen molar-refractivity contribution in [2.45, 2.75) is 13.0 Å². The van der Waals surface area contributed by atoms with E-state index >= 15 is 0 Å². The third-order valence-corrected chi connectivity index (χ3v) is 4.83. The highest BCUT2D eigenvalue weighted by molar-refractivity contribution is 6.32. The van der Waals surface area contributed by atoms with E-state index in [1.54, 1.807) is 6.07 Å². The van der Waals surface area contributed by atoms with Crippen LogP contribution in [0.3, 0.4) is 0 Å². The number of fused-ring (bicyclic) bond motifs is 1. The predicted molar refractivity (Wildman–Crippen MR) is 115 cm³/mol. The van der Waals surface area contributed by atoms with Crippen molar-refractivity contribution < 1.29 is 9.53 Å². The van der Waals surface area contributed by atoms with Gasteiger partial charge in [0.15, 0.2) is 0 Å². The lowest BCUT2D eigenvalue weighted by molar-refractivity contribution is -0.115. The highest BCUT2D eigenvalue weighted by Crippen LogP contribution is 2.24. The molecule has 0 fully saturated rings. The number of hydrogen-bond acceptors (Lipinski definition) is 3. The van der Waals surface area contributed by atoms with E-state index in [0.717, 1.165) is 16.6 Å². The van der Waals surface area contributed by atoms with Crippen LogP contribution in [0.1, 0.15) is 5.56 Å². The smallest absolute Gasteiger partial charge is 0.231 e. The van der Waals surface area contributed by atoms with Crippen LogP contribution in [0.4, 0.5) is 5.95 Å². The molecule has 0 saturated heterocycles. The van der Waals surface area contributed by atoms with Gasteiger partial charge in [0.2, 0.25) is 11.9 Å². The van der Waals surface area contributed by atoms with Crippen LogP contribution < -0.4 is 10.1 Å². The van der Waals surface area contributed by atoms with E-state index in [0.29, 0.717) is 36.3 Å². The maximum Gasteiger partial charge on any atom is 0.231 e. The van der Waals surface area contributed by atoms with Crippen LogP contribution in [-0.2, 0) is 17.8 Å². The van der Waals surface area contributed by atoms with Crippen molar-refractivity contribution in [3.8, 4) is 5.75 Å². The Hall–Kier alpha value is -3.31. The van der Waals surface area contributed by atoms with Gasteiger partial charge in [0.25, 0.3) is 0 Å². The van der Waals surface area contributed by atoms with Crippen molar-refractivity contribution in [2.75, 3.05) is 11.9 Å². The van der Waals surface area contributed by atoms with Crippen molar-refractivity contribution >= 4 is 34.5 Å². The first kappa shape index (κ1) is 19.0. The summed E-state index contributed by atoms with van der Waals surface area (Å²) in [6.07, 6.45) is 0.292. The highest BCUT2D eigenvalue weighted by Gasteiger charge is 2.14. The summed E-state index contributed by atoms with van der Waals surface area (Å²) in [4.78, 5) is 17.1. The number of nitrogens with zero attached hydrogens (tertiary/aromatic N) is 2. The first-order valence-electron chi connectivity index (χ1n) is 9.37. The number of aromatic nitrogens is 2. The molecule has 0 spiro atoms. The minimum atomic E-state index is -0.111. The summed E-state index contributed by atoms with van der Waals surface area (Å²) in [6.45, 7) is 0.915. The zero-order chi connectivity index (χ0) is 20.1. The number of hydrogen-bond donors (Lipinski definition) is 1. The van der Waals surface area contributed by atoms with Crippen molar-refractivity contribution in [2.24, 2.45) is 0 Å². The molecule has 1 N–H and O–H groups in total. The number of halogens is 1. The summed E-state index contributed by atoms with van der Waals surface area (Å²) in [5.74, 6) is 1.03. The number of carbonyl (C=O) groups excluding carboxylic acids is 1. The summed E-state index contributed by atoms with van der Waals surface area (Å²) >= 11 is 6.16. The van der Waals surface area contributed by atoms with E-state index in [1.165, 1.54) is 0 Å². The molecular weight excluding hydrogens is 386 g/mol. The van der Waals surface area contributed by atoms with Gasteiger partial charge in [-0.2, -0.15) is 0 Å². The number of amides is 1. The van der Waals surface area contributed by atoms with Crippen LogP contribution in [0.15, 0.2) is 78.9 Å². The van der Waals surface area contributed by atoms with Crippen molar-refractivity contribution in [3.63, 3.8) is 0 Å². The van der Waals surface area contributed by atoms with Crippen LogP contribution in [0, 0.1) is 0 Å². The molecule has 1 aromatic heterocycles. The van der Waals surface area contributed by atoms with Crippen LogP contribution in [0.2, 0.25) is 5.02 Å². The summed E-state index contributed by atoms with van der Waals surface area (Å²) < 4.78 is 7.77. The molecule has 0 aliphatic heterocycles. The zero-order valence-electron chi connectivity index (χ0n) is 15.7. The fourth-order valence-corrected chi connectivity index (χ4v) is 3.35. The van der Waals surface area contributed by atoms with Gasteiger partial charge in [0.05, 0.1) is 29.0 Å². The van der Waals surface area contributed by atoms with Crippen molar-refractivity contribution in [3.05, 3.63) is 89.4 Å². The van der Waals surface area contributed by atoms with Gasteiger partial charge in [-0.3, -0.25) is 10.1 Å². The van der Waals surface area contributed by atoms with Crippen molar-refractivity contribution in [1.82, 2.24) is 9.55 Å². The van der Waals surface area contributed by atoms with Crippen LogP contribution in [0.25, 0.3) is 11.0 Å². The van der Waals surface area contributed by atoms with Gasteiger partial charge < -0.3 is 9.30 Å². The molecule has 3 aromatic carbocycles. The summed E-state index contributed by atoms with van der Waals surface area (Å²) in [5.41, 5.74) is 2.71. The molecule has 0 saturated carbocycles. The lowest BCUT2D eigenvalue weighted by atomic mass is 10.1. The molecule has 0 bridgehead atoms. The Labute approximate surface area is 173 Å². The molecule has 0 aliphatic carbocycles. The van der Waals surface area contributed by atoms with Crippen LogP contribution in [0.5, 0.6) is 5.75 Å². The lowest BCUT2D eigenvalue weighted by Gasteiger charge is -2.12. The Balaban J connectivity index is 1.51. The average Bonchev–Trinajstić information content (AvgIpc) is 3.07. The average molecular weight is 406 g/mol. The van der Waals surface area contributed by atoms with E-state index in [2.05, 4.69) is 10.3 Å². The van der Waals surface area contributed by atoms with Crippen LogP contribution in [-0.4, -0.2) is 22.1 Å². The van der Waals surface area contributed by atoms with E-state index in [9.17, 15) is 4.79 Å². The molecule has 0 radical (unpaired) electrons. The normalized spacial score (nSPS) is 10.8. The number of benzene rings is 3. The van der Waals surface area contributed by atoms with Gasteiger partial charge in [0, 0.05) is 0 Å². The number of imidazole rings is 1. The maximum absolute atomic E-state index is 12.5. The predicted octanol–water partition coefficient (Wildman–Crippen LogP) is 4.95. The molecule has 146 valence electrons. The minimum absolute atomic E-state index is 0.111. The number of anilines is 1. The first-order valence-corrected chi connectivity index (χ1v) is 9.75. The van der Waals surface area contributed by atoms with Crippen LogP contribution >= 0.6 is 11.6 Å². The lowest BCUT2D eigenvalue weighted by Crippen LogP contribution is -2.19. The third-order valence-electron chi connectivity index (χ3n) is 4.52. The quantitative estimate of drug-likeness (QED) is 0.473. The van der Waals surface area contributed by atoms with Gasteiger partial charge in [-0.1, -0.05) is 66.2 Å². The topological polar surface area (TPSA) is 56.2 Å². The number of para-hydroxylation sites is 3. The van der Waals surface area contributed by atoms with E-state index in [4.69, 9.17) is 16.3 Å². The molecule has 29 heavy (non-hydrogen) atoms. The number of carbonyl (C=O) groups is 1. The zero-order valence-corrected chi connectivity index (χ0v) is 16.5. The SMILES string of the molecule is O=C(Cc1ccccc1)Nc1nc2ccccc2n1CCOc1ccccc1Cl. The maximum atomic E-state index is 12.5. The molecule has 0 unspecified atom stereocenters. The highest BCUT2D eigenvalue weighted by atomic mass is 35.5.